The van der Waals surface area contributed by atoms with Gasteiger partial charge < -0.3 is 10.5 Å². The van der Waals surface area contributed by atoms with Gasteiger partial charge >= 0.3 is 0 Å². The van der Waals surface area contributed by atoms with Gasteiger partial charge in [-0.05, 0) is 23.8 Å². The molecule has 28 heavy (non-hydrogen) atoms. The normalized spacial score (nSPS) is 12.1. The lowest BCUT2D eigenvalue weighted by Gasteiger charge is -2.24. The third-order valence-corrected chi connectivity index (χ3v) is 5.58. The number of methoxy groups -OCH3 is 1. The van der Waals surface area contributed by atoms with E-state index in [0.717, 1.165) is 27.6 Å². The molecule has 0 bridgehead atoms. The Morgan fingerprint density at radius 3 is 2.39 bits per heavy atom. The van der Waals surface area contributed by atoms with E-state index >= 15 is 0 Å². The molecule has 4 aromatic rings. The first-order valence-corrected chi connectivity index (χ1v) is 9.43. The smallest absolute Gasteiger partial charge is 0.149 e. The summed E-state index contributed by atoms with van der Waals surface area (Å²) in [6.45, 7) is 0. The van der Waals surface area contributed by atoms with Crippen molar-refractivity contribution < 1.29 is 4.74 Å². The highest BCUT2D eigenvalue weighted by atomic mass is 35.5. The number of rotatable bonds is 4. The first-order valence-electron chi connectivity index (χ1n) is 8.67. The highest BCUT2D eigenvalue weighted by Gasteiger charge is 2.27. The van der Waals surface area contributed by atoms with Crippen LogP contribution in [-0.2, 0) is 0 Å². The molecule has 2 aromatic carbocycles. The summed E-state index contributed by atoms with van der Waals surface area (Å²) in [6, 6.07) is 17.3. The number of hydrogen-bond donors (Lipinski definition) is 1. The molecule has 0 aliphatic rings. The maximum atomic E-state index is 6.60. The molecule has 0 saturated heterocycles. The van der Waals surface area contributed by atoms with Crippen molar-refractivity contribution in [3.63, 3.8) is 0 Å². The topological polar surface area (TPSA) is 61.0 Å². The van der Waals surface area contributed by atoms with Crippen LogP contribution in [-0.4, -0.2) is 17.1 Å². The molecule has 0 aliphatic carbocycles. The maximum Gasteiger partial charge on any atom is 0.149 e. The van der Waals surface area contributed by atoms with Crippen molar-refractivity contribution in [2.75, 3.05) is 12.8 Å². The molecule has 0 spiro atoms. The average molecular weight is 410 g/mol. The molecule has 2 aromatic heterocycles. The molecular formula is C22H17Cl2N3O. The van der Waals surface area contributed by atoms with Crippen molar-refractivity contribution >= 4 is 39.9 Å². The van der Waals surface area contributed by atoms with Crippen LogP contribution in [0.1, 0.15) is 22.6 Å². The molecule has 2 N–H and O–H groups in total. The van der Waals surface area contributed by atoms with E-state index < -0.39 is 0 Å². The van der Waals surface area contributed by atoms with Crippen molar-refractivity contribution in [2.45, 2.75) is 5.92 Å². The van der Waals surface area contributed by atoms with Crippen LogP contribution in [0.25, 0.3) is 10.9 Å². The number of nitrogens with two attached hydrogens (primary N) is 1. The molecule has 4 rings (SSSR count). The lowest BCUT2D eigenvalue weighted by atomic mass is 9.84. The average Bonchev–Trinajstić information content (AvgIpc) is 2.72. The third kappa shape index (κ3) is 3.15. The molecule has 0 radical (unpaired) electrons. The summed E-state index contributed by atoms with van der Waals surface area (Å²) in [6.07, 6.45) is 3.41. The molecule has 6 heteroatoms. The Kier molecular flexibility index (Phi) is 5.07. The lowest BCUT2D eigenvalue weighted by molar-refractivity contribution is 0.413. The molecule has 0 saturated carbocycles. The Labute approximate surface area is 172 Å². The van der Waals surface area contributed by atoms with Gasteiger partial charge in [0, 0.05) is 34.8 Å². The number of ether oxygens (including phenoxy) is 1. The van der Waals surface area contributed by atoms with Crippen molar-refractivity contribution in [2.24, 2.45) is 0 Å². The minimum Gasteiger partial charge on any atom is -0.494 e. The fraction of sp³-hybridized carbons (Fsp3) is 0.0909. The summed E-state index contributed by atoms with van der Waals surface area (Å²) in [5, 5.41) is 1.93. The number of halogens is 2. The maximum absolute atomic E-state index is 6.60. The number of pyridine rings is 2. The highest BCUT2D eigenvalue weighted by Crippen LogP contribution is 2.44. The van der Waals surface area contributed by atoms with E-state index in [1.807, 2.05) is 48.5 Å². The monoisotopic (exact) mass is 409 g/mol. The van der Waals surface area contributed by atoms with Crippen LogP contribution in [0.4, 0.5) is 5.82 Å². The number of hydrogen-bond acceptors (Lipinski definition) is 4. The van der Waals surface area contributed by atoms with Crippen molar-refractivity contribution in [1.29, 1.82) is 0 Å². The quantitative estimate of drug-likeness (QED) is 0.468. The van der Waals surface area contributed by atoms with E-state index in [0.29, 0.717) is 21.6 Å². The number of aromatic nitrogens is 2. The highest BCUT2D eigenvalue weighted by molar-refractivity contribution is 6.42. The third-order valence-electron chi connectivity index (χ3n) is 4.75. The van der Waals surface area contributed by atoms with Crippen molar-refractivity contribution in [1.82, 2.24) is 9.97 Å². The molecule has 0 amide bonds. The standard InChI is InChI=1S/C22H17Cl2N3O/c1-28-21-15(10-9-13-5-3-11-26-20(13)21)18(16-7-4-12-27-22(16)25)14-6-2-8-17(23)19(14)24/h2-12,18H,1H3,(H2,25,27). The molecule has 2 heterocycles. The van der Waals surface area contributed by atoms with Crippen molar-refractivity contribution in [3.05, 3.63) is 93.7 Å². The Hall–Kier alpha value is -2.82. The van der Waals surface area contributed by atoms with Gasteiger partial charge in [0.1, 0.15) is 17.1 Å². The molecule has 4 nitrogen and oxygen atoms in total. The van der Waals surface area contributed by atoms with Crippen LogP contribution >= 0.6 is 23.2 Å². The molecule has 0 fully saturated rings. The Morgan fingerprint density at radius 2 is 1.61 bits per heavy atom. The van der Waals surface area contributed by atoms with Gasteiger partial charge in [-0.2, -0.15) is 0 Å². The fourth-order valence-corrected chi connectivity index (χ4v) is 3.91. The SMILES string of the molecule is COc1c(C(c2cccnc2N)c2cccc(Cl)c2Cl)ccc2cccnc12. The summed E-state index contributed by atoms with van der Waals surface area (Å²) in [5.74, 6) is 0.773. The molecule has 1 atom stereocenters. The summed E-state index contributed by atoms with van der Waals surface area (Å²) in [4.78, 5) is 8.78. The minimum atomic E-state index is -0.318. The summed E-state index contributed by atoms with van der Waals surface area (Å²) < 4.78 is 5.79. The first-order chi connectivity index (χ1) is 13.6. The van der Waals surface area contributed by atoms with E-state index in [-0.39, 0.29) is 5.92 Å². The predicted molar refractivity (Wildman–Crippen MR) is 114 cm³/mol. The molecule has 140 valence electrons. The van der Waals surface area contributed by atoms with Crippen LogP contribution in [0.5, 0.6) is 5.75 Å². The second-order valence-electron chi connectivity index (χ2n) is 6.32. The lowest BCUT2D eigenvalue weighted by Crippen LogP contribution is -2.10. The zero-order valence-electron chi connectivity index (χ0n) is 15.1. The Morgan fingerprint density at radius 1 is 0.857 bits per heavy atom. The van der Waals surface area contributed by atoms with Gasteiger partial charge in [-0.3, -0.25) is 4.98 Å². The van der Waals surface area contributed by atoms with E-state index in [1.165, 1.54) is 0 Å². The first kappa shape index (κ1) is 18.5. The predicted octanol–water partition coefficient (Wildman–Crippen LogP) is 5.71. The summed E-state index contributed by atoms with van der Waals surface area (Å²) in [7, 11) is 1.64. The van der Waals surface area contributed by atoms with E-state index in [4.69, 9.17) is 33.7 Å². The fourth-order valence-electron chi connectivity index (χ4n) is 3.50. The molecule has 1 unspecified atom stereocenters. The number of nitrogen functional groups attached to an aromatic ring is 1. The second kappa shape index (κ2) is 7.66. The van der Waals surface area contributed by atoms with Gasteiger partial charge in [-0.1, -0.05) is 59.6 Å². The van der Waals surface area contributed by atoms with Gasteiger partial charge in [0.05, 0.1) is 17.2 Å². The van der Waals surface area contributed by atoms with Gasteiger partial charge in [0.2, 0.25) is 0 Å². The summed E-state index contributed by atoms with van der Waals surface area (Å²) in [5.41, 5.74) is 9.54. The largest absolute Gasteiger partial charge is 0.494 e. The van der Waals surface area contributed by atoms with E-state index in [9.17, 15) is 0 Å². The van der Waals surface area contributed by atoms with Crippen LogP contribution in [0, 0.1) is 0 Å². The zero-order chi connectivity index (χ0) is 19.7. The number of nitrogens with zero attached hydrogens (tertiary/aromatic N) is 2. The van der Waals surface area contributed by atoms with Crippen LogP contribution < -0.4 is 10.5 Å². The van der Waals surface area contributed by atoms with Crippen LogP contribution in [0.15, 0.2) is 67.0 Å². The molecule has 0 aliphatic heterocycles. The van der Waals surface area contributed by atoms with Gasteiger partial charge in [0.25, 0.3) is 0 Å². The second-order valence-corrected chi connectivity index (χ2v) is 7.10. The number of benzene rings is 2. The number of anilines is 1. The van der Waals surface area contributed by atoms with Crippen LogP contribution in [0.2, 0.25) is 10.0 Å². The zero-order valence-corrected chi connectivity index (χ0v) is 16.6. The molecular weight excluding hydrogens is 393 g/mol. The Balaban J connectivity index is 2.06. The number of fused-ring (bicyclic) bond motifs is 1. The van der Waals surface area contributed by atoms with Gasteiger partial charge in [-0.15, -0.1) is 0 Å². The Bertz CT molecular complexity index is 1160. The van der Waals surface area contributed by atoms with Gasteiger partial charge in [-0.25, -0.2) is 4.98 Å². The van der Waals surface area contributed by atoms with Crippen molar-refractivity contribution in [3.8, 4) is 5.75 Å². The van der Waals surface area contributed by atoms with Gasteiger partial charge in [0.15, 0.2) is 0 Å². The van der Waals surface area contributed by atoms with Crippen LogP contribution in [0.3, 0.4) is 0 Å². The minimum absolute atomic E-state index is 0.318. The van der Waals surface area contributed by atoms with E-state index in [2.05, 4.69) is 9.97 Å². The van der Waals surface area contributed by atoms with E-state index in [1.54, 1.807) is 25.6 Å². The summed E-state index contributed by atoms with van der Waals surface area (Å²) >= 11 is 12.9.